The lowest BCUT2D eigenvalue weighted by Crippen LogP contribution is -2.47. The summed E-state index contributed by atoms with van der Waals surface area (Å²) in [6.07, 6.45) is 1.87. The molecule has 1 saturated heterocycles. The van der Waals surface area contributed by atoms with Crippen molar-refractivity contribution in [1.29, 1.82) is 0 Å². The lowest BCUT2D eigenvalue weighted by atomic mass is 9.93. The molecule has 14 heavy (non-hydrogen) atoms. The quantitative estimate of drug-likeness (QED) is 0.717. The molecule has 4 heteroatoms. The molecular formula is C10H11BrN2O. The van der Waals surface area contributed by atoms with E-state index in [9.17, 15) is 4.79 Å². The maximum atomic E-state index is 11.0. The lowest BCUT2D eigenvalue weighted by molar-refractivity contribution is -0.133. The maximum absolute atomic E-state index is 11.0. The molecule has 1 aliphatic heterocycles. The third kappa shape index (κ3) is 1.80. The number of nitrogens with zero attached hydrogens (tertiary/aromatic N) is 2. The zero-order chi connectivity index (χ0) is 10.1. The van der Waals surface area contributed by atoms with Gasteiger partial charge in [0.25, 0.3) is 0 Å². The van der Waals surface area contributed by atoms with E-state index in [1.165, 1.54) is 5.56 Å². The Morgan fingerprint density at radius 2 is 2.29 bits per heavy atom. The molecule has 1 amide bonds. The Labute approximate surface area is 91.3 Å². The average Bonchev–Trinajstić information content (AvgIpc) is 2.05. The predicted molar refractivity (Wildman–Crippen MR) is 56.9 cm³/mol. The first-order chi connectivity index (χ1) is 6.66. The number of halogens is 1. The summed E-state index contributed by atoms with van der Waals surface area (Å²) < 4.78 is 0.851. The standard InChI is InChI=1S/C10H11BrN2O/c1-7(14)13-5-9(6-13)8-2-3-10(11)12-4-8/h2-4,9H,5-6H2,1H3. The summed E-state index contributed by atoms with van der Waals surface area (Å²) in [7, 11) is 0. The van der Waals surface area contributed by atoms with Gasteiger partial charge in [0.05, 0.1) is 0 Å². The zero-order valence-corrected chi connectivity index (χ0v) is 9.49. The van der Waals surface area contributed by atoms with Gasteiger partial charge in [-0.25, -0.2) is 4.98 Å². The molecule has 1 fully saturated rings. The summed E-state index contributed by atoms with van der Waals surface area (Å²) in [5.74, 6) is 0.630. The van der Waals surface area contributed by atoms with E-state index in [0.29, 0.717) is 5.92 Å². The smallest absolute Gasteiger partial charge is 0.219 e. The minimum atomic E-state index is 0.159. The second kappa shape index (κ2) is 3.69. The third-order valence-corrected chi connectivity index (χ3v) is 3.02. The van der Waals surface area contributed by atoms with E-state index in [0.717, 1.165) is 17.7 Å². The van der Waals surface area contributed by atoms with Gasteiger partial charge < -0.3 is 4.90 Å². The highest BCUT2D eigenvalue weighted by Gasteiger charge is 2.29. The molecule has 0 saturated carbocycles. The van der Waals surface area contributed by atoms with Crippen molar-refractivity contribution in [2.75, 3.05) is 13.1 Å². The molecule has 2 heterocycles. The Balaban J connectivity index is 2.00. The number of pyridine rings is 1. The fourth-order valence-electron chi connectivity index (χ4n) is 1.58. The molecule has 1 aromatic heterocycles. The van der Waals surface area contributed by atoms with Crippen molar-refractivity contribution in [3.8, 4) is 0 Å². The topological polar surface area (TPSA) is 33.2 Å². The number of hydrogen-bond acceptors (Lipinski definition) is 2. The van der Waals surface area contributed by atoms with Crippen LogP contribution in [0.5, 0.6) is 0 Å². The van der Waals surface area contributed by atoms with Crippen molar-refractivity contribution in [1.82, 2.24) is 9.88 Å². The average molecular weight is 255 g/mol. The minimum absolute atomic E-state index is 0.159. The van der Waals surface area contributed by atoms with Crippen molar-refractivity contribution in [3.63, 3.8) is 0 Å². The molecule has 0 radical (unpaired) electrons. The van der Waals surface area contributed by atoms with Gasteiger partial charge in [-0.05, 0) is 27.6 Å². The van der Waals surface area contributed by atoms with Crippen LogP contribution in [0.3, 0.4) is 0 Å². The molecule has 0 atom stereocenters. The first-order valence-electron chi connectivity index (χ1n) is 4.54. The van der Waals surface area contributed by atoms with Gasteiger partial charge in [-0.2, -0.15) is 0 Å². The Hall–Kier alpha value is -0.900. The Morgan fingerprint density at radius 1 is 1.57 bits per heavy atom. The van der Waals surface area contributed by atoms with Crippen LogP contribution in [0.1, 0.15) is 18.4 Å². The van der Waals surface area contributed by atoms with E-state index >= 15 is 0 Å². The van der Waals surface area contributed by atoms with Crippen LogP contribution in [0.15, 0.2) is 22.9 Å². The van der Waals surface area contributed by atoms with Gasteiger partial charge in [-0.3, -0.25) is 4.79 Å². The van der Waals surface area contributed by atoms with Gasteiger partial charge in [0.2, 0.25) is 5.91 Å². The number of hydrogen-bond donors (Lipinski definition) is 0. The van der Waals surface area contributed by atoms with Crippen molar-refractivity contribution in [3.05, 3.63) is 28.5 Å². The molecule has 1 aromatic rings. The number of likely N-dealkylation sites (tertiary alicyclic amines) is 1. The summed E-state index contributed by atoms with van der Waals surface area (Å²) in [6, 6.07) is 3.99. The highest BCUT2D eigenvalue weighted by atomic mass is 79.9. The molecule has 0 bridgehead atoms. The summed E-state index contributed by atoms with van der Waals surface area (Å²) in [6.45, 7) is 3.27. The maximum Gasteiger partial charge on any atom is 0.219 e. The second-order valence-electron chi connectivity index (χ2n) is 3.54. The summed E-state index contributed by atoms with van der Waals surface area (Å²) in [5, 5.41) is 0. The van der Waals surface area contributed by atoms with Gasteiger partial charge in [-0.1, -0.05) is 6.07 Å². The summed E-state index contributed by atoms with van der Waals surface area (Å²) >= 11 is 3.29. The molecule has 0 aliphatic carbocycles. The van der Waals surface area contributed by atoms with Crippen LogP contribution in [-0.4, -0.2) is 28.9 Å². The van der Waals surface area contributed by atoms with Gasteiger partial charge >= 0.3 is 0 Å². The number of aromatic nitrogens is 1. The molecule has 0 spiro atoms. The van der Waals surface area contributed by atoms with Crippen molar-refractivity contribution in [2.24, 2.45) is 0 Å². The van der Waals surface area contributed by atoms with Crippen LogP contribution >= 0.6 is 15.9 Å². The van der Waals surface area contributed by atoms with E-state index in [2.05, 4.69) is 27.0 Å². The third-order valence-electron chi connectivity index (χ3n) is 2.55. The van der Waals surface area contributed by atoms with Crippen LogP contribution in [0.25, 0.3) is 0 Å². The molecular weight excluding hydrogens is 244 g/mol. The Morgan fingerprint density at radius 3 is 2.79 bits per heavy atom. The number of carbonyl (C=O) groups excluding carboxylic acids is 1. The van der Waals surface area contributed by atoms with E-state index in [1.54, 1.807) is 6.92 Å². The molecule has 1 aliphatic rings. The van der Waals surface area contributed by atoms with Crippen LogP contribution in [-0.2, 0) is 4.79 Å². The molecule has 3 nitrogen and oxygen atoms in total. The van der Waals surface area contributed by atoms with E-state index in [4.69, 9.17) is 0 Å². The van der Waals surface area contributed by atoms with Crippen LogP contribution in [0.2, 0.25) is 0 Å². The zero-order valence-electron chi connectivity index (χ0n) is 7.90. The first-order valence-corrected chi connectivity index (χ1v) is 5.33. The van der Waals surface area contributed by atoms with Gasteiger partial charge in [0.1, 0.15) is 4.60 Å². The largest absolute Gasteiger partial charge is 0.342 e. The SMILES string of the molecule is CC(=O)N1CC(c2ccc(Br)nc2)C1. The van der Waals surface area contributed by atoms with E-state index in [-0.39, 0.29) is 5.91 Å². The highest BCUT2D eigenvalue weighted by Crippen LogP contribution is 2.26. The van der Waals surface area contributed by atoms with Crippen molar-refractivity contribution >= 4 is 21.8 Å². The van der Waals surface area contributed by atoms with E-state index < -0.39 is 0 Å². The highest BCUT2D eigenvalue weighted by molar-refractivity contribution is 9.10. The van der Waals surface area contributed by atoms with Gasteiger partial charge in [0, 0.05) is 32.1 Å². The molecule has 0 unspecified atom stereocenters. The van der Waals surface area contributed by atoms with Crippen molar-refractivity contribution in [2.45, 2.75) is 12.8 Å². The lowest BCUT2D eigenvalue weighted by Gasteiger charge is -2.38. The summed E-state index contributed by atoms with van der Waals surface area (Å²) in [5.41, 5.74) is 1.21. The number of amides is 1. The molecule has 74 valence electrons. The van der Waals surface area contributed by atoms with E-state index in [1.807, 2.05) is 17.2 Å². The minimum Gasteiger partial charge on any atom is -0.342 e. The summed E-state index contributed by atoms with van der Waals surface area (Å²) in [4.78, 5) is 17.0. The van der Waals surface area contributed by atoms with Crippen LogP contribution in [0, 0.1) is 0 Å². The fourth-order valence-corrected chi connectivity index (χ4v) is 1.81. The van der Waals surface area contributed by atoms with Crippen LogP contribution in [0.4, 0.5) is 0 Å². The van der Waals surface area contributed by atoms with Gasteiger partial charge in [0.15, 0.2) is 0 Å². The second-order valence-corrected chi connectivity index (χ2v) is 4.35. The Kier molecular flexibility index (Phi) is 2.54. The first kappa shape index (κ1) is 9.65. The van der Waals surface area contributed by atoms with Crippen LogP contribution < -0.4 is 0 Å². The molecule has 2 rings (SSSR count). The Bertz CT molecular complexity index is 344. The fraction of sp³-hybridized carbons (Fsp3) is 0.400. The normalized spacial score (nSPS) is 16.6. The van der Waals surface area contributed by atoms with Gasteiger partial charge in [-0.15, -0.1) is 0 Å². The molecule has 0 N–H and O–H groups in total. The number of rotatable bonds is 1. The molecule has 0 aromatic carbocycles. The predicted octanol–water partition coefficient (Wildman–Crippen LogP) is 1.79. The number of carbonyl (C=O) groups is 1. The van der Waals surface area contributed by atoms with Crippen molar-refractivity contribution < 1.29 is 4.79 Å². The monoisotopic (exact) mass is 254 g/mol.